The van der Waals surface area contributed by atoms with E-state index in [1.807, 2.05) is 0 Å². The second-order valence-electron chi connectivity index (χ2n) is 7.67. The monoisotopic (exact) mass is 425 g/mol. The molecule has 29 heavy (non-hydrogen) atoms. The molecule has 1 aromatic carbocycles. The van der Waals surface area contributed by atoms with E-state index in [1.165, 1.54) is 0 Å². The van der Waals surface area contributed by atoms with Crippen molar-refractivity contribution >= 4 is 34.2 Å². The number of fused-ring (bicyclic) bond motifs is 1. The van der Waals surface area contributed by atoms with E-state index in [0.717, 1.165) is 0 Å². The highest BCUT2D eigenvalue weighted by Crippen LogP contribution is 2.36. The number of aromatic nitrogens is 1. The Balaban J connectivity index is 1.76. The highest BCUT2D eigenvalue weighted by Gasteiger charge is 2.35. The standard InChI is InChI=1S/C21H26ClF2N3O2/c1-27(13-14-7-9-21(23,24)10-8-14)20(29)19-15-3-6-18(25-11-2-12-28)26-17(15)5-4-16(19)22/h3-6,14,28H,2,7-13H2,1H3,(H,25,26). The molecule has 0 saturated heterocycles. The van der Waals surface area contributed by atoms with Crippen molar-refractivity contribution in [1.82, 2.24) is 9.88 Å². The molecule has 1 aliphatic rings. The van der Waals surface area contributed by atoms with Crippen molar-refractivity contribution < 1.29 is 18.7 Å². The van der Waals surface area contributed by atoms with Crippen LogP contribution in [0.25, 0.3) is 10.9 Å². The number of pyridine rings is 1. The third-order valence-electron chi connectivity index (χ3n) is 5.39. The lowest BCUT2D eigenvalue weighted by atomic mass is 9.86. The van der Waals surface area contributed by atoms with Crippen LogP contribution in [-0.2, 0) is 0 Å². The summed E-state index contributed by atoms with van der Waals surface area (Å²) in [5.74, 6) is -2.09. The van der Waals surface area contributed by atoms with Gasteiger partial charge in [0.15, 0.2) is 0 Å². The summed E-state index contributed by atoms with van der Waals surface area (Å²) in [6.45, 7) is 1.12. The number of halogens is 3. The third kappa shape index (κ3) is 5.34. The molecule has 5 nitrogen and oxygen atoms in total. The van der Waals surface area contributed by atoms with Gasteiger partial charge in [-0.15, -0.1) is 0 Å². The van der Waals surface area contributed by atoms with E-state index in [9.17, 15) is 13.6 Å². The summed E-state index contributed by atoms with van der Waals surface area (Å²) in [6, 6.07) is 6.99. The first-order chi connectivity index (χ1) is 13.8. The molecule has 3 rings (SSSR count). The van der Waals surface area contributed by atoms with Crippen LogP contribution in [0.15, 0.2) is 24.3 Å². The predicted octanol–water partition coefficient (Wildman–Crippen LogP) is 4.58. The maximum atomic E-state index is 13.4. The highest BCUT2D eigenvalue weighted by molar-refractivity contribution is 6.35. The summed E-state index contributed by atoms with van der Waals surface area (Å²) in [4.78, 5) is 19.2. The molecule has 1 saturated carbocycles. The zero-order valence-electron chi connectivity index (χ0n) is 16.4. The second-order valence-corrected chi connectivity index (χ2v) is 8.08. The molecule has 1 amide bonds. The number of nitrogens with zero attached hydrogens (tertiary/aromatic N) is 2. The molecule has 0 atom stereocenters. The minimum atomic E-state index is -2.58. The first kappa shape index (κ1) is 21.7. The van der Waals surface area contributed by atoms with Gasteiger partial charge in [0.2, 0.25) is 5.92 Å². The van der Waals surface area contributed by atoms with Gasteiger partial charge in [-0.05, 0) is 49.4 Å². The lowest BCUT2D eigenvalue weighted by Gasteiger charge is -2.31. The average molecular weight is 426 g/mol. The van der Waals surface area contributed by atoms with E-state index < -0.39 is 5.92 Å². The molecule has 8 heteroatoms. The van der Waals surface area contributed by atoms with Crippen molar-refractivity contribution in [1.29, 1.82) is 0 Å². The Morgan fingerprint density at radius 2 is 2.03 bits per heavy atom. The first-order valence-corrected chi connectivity index (χ1v) is 10.3. The number of carbonyl (C=O) groups is 1. The maximum absolute atomic E-state index is 13.4. The fourth-order valence-electron chi connectivity index (χ4n) is 3.73. The molecule has 0 aliphatic heterocycles. The fraction of sp³-hybridized carbons (Fsp3) is 0.524. The number of nitrogens with one attached hydrogen (secondary N) is 1. The van der Waals surface area contributed by atoms with E-state index in [1.54, 1.807) is 36.2 Å². The Hall–Kier alpha value is -1.99. The van der Waals surface area contributed by atoms with Gasteiger partial charge in [0.1, 0.15) is 5.82 Å². The van der Waals surface area contributed by atoms with Gasteiger partial charge in [0, 0.05) is 45.0 Å². The number of hydrogen-bond donors (Lipinski definition) is 2. The number of benzene rings is 1. The first-order valence-electron chi connectivity index (χ1n) is 9.88. The average Bonchev–Trinajstić information content (AvgIpc) is 2.69. The molecule has 0 unspecified atom stereocenters. The lowest BCUT2D eigenvalue weighted by Crippen LogP contribution is -2.35. The number of aliphatic hydroxyl groups is 1. The van der Waals surface area contributed by atoms with Gasteiger partial charge in [-0.1, -0.05) is 11.6 Å². The van der Waals surface area contributed by atoms with E-state index in [0.29, 0.717) is 59.7 Å². The number of hydrogen-bond acceptors (Lipinski definition) is 4. The summed E-state index contributed by atoms with van der Waals surface area (Å²) in [5, 5.41) is 13.0. The molecule has 0 bridgehead atoms. The molecular formula is C21H26ClF2N3O2. The van der Waals surface area contributed by atoms with Gasteiger partial charge in [-0.3, -0.25) is 4.79 Å². The van der Waals surface area contributed by atoms with Gasteiger partial charge in [-0.25, -0.2) is 13.8 Å². The molecule has 1 heterocycles. The molecule has 0 radical (unpaired) electrons. The van der Waals surface area contributed by atoms with Crippen LogP contribution in [0, 0.1) is 5.92 Å². The molecular weight excluding hydrogens is 400 g/mol. The second kappa shape index (κ2) is 9.22. The summed E-state index contributed by atoms with van der Waals surface area (Å²) >= 11 is 6.35. The van der Waals surface area contributed by atoms with Gasteiger partial charge in [0.25, 0.3) is 5.91 Å². The lowest BCUT2D eigenvalue weighted by molar-refractivity contribution is -0.0475. The summed E-state index contributed by atoms with van der Waals surface area (Å²) in [6.07, 6.45) is 1.20. The predicted molar refractivity (Wildman–Crippen MR) is 111 cm³/mol. The number of aliphatic hydroxyl groups excluding tert-OH is 1. The fourth-order valence-corrected chi connectivity index (χ4v) is 3.98. The zero-order chi connectivity index (χ0) is 21.0. The molecule has 1 aliphatic carbocycles. The molecule has 158 valence electrons. The van der Waals surface area contributed by atoms with E-state index >= 15 is 0 Å². The Morgan fingerprint density at radius 1 is 1.31 bits per heavy atom. The van der Waals surface area contributed by atoms with Crippen LogP contribution in [0.4, 0.5) is 14.6 Å². The topological polar surface area (TPSA) is 65.5 Å². The summed E-state index contributed by atoms with van der Waals surface area (Å²) in [5.41, 5.74) is 1.01. The van der Waals surface area contributed by atoms with Gasteiger partial charge in [0.05, 0.1) is 16.1 Å². The van der Waals surface area contributed by atoms with Crippen molar-refractivity contribution in [2.75, 3.05) is 32.1 Å². The minimum absolute atomic E-state index is 0.0674. The van der Waals surface area contributed by atoms with Crippen LogP contribution in [0.3, 0.4) is 0 Å². The summed E-state index contributed by atoms with van der Waals surface area (Å²) in [7, 11) is 1.68. The zero-order valence-corrected chi connectivity index (χ0v) is 17.2. The van der Waals surface area contributed by atoms with Crippen molar-refractivity contribution in [2.24, 2.45) is 5.92 Å². The molecule has 2 aromatic rings. The van der Waals surface area contributed by atoms with Crippen LogP contribution in [0.1, 0.15) is 42.5 Å². The van der Waals surface area contributed by atoms with E-state index in [4.69, 9.17) is 16.7 Å². The quantitative estimate of drug-likeness (QED) is 0.637. The number of carbonyl (C=O) groups excluding carboxylic acids is 1. The number of alkyl halides is 2. The van der Waals surface area contributed by atoms with Gasteiger partial charge >= 0.3 is 0 Å². The number of rotatable bonds is 7. The minimum Gasteiger partial charge on any atom is -0.396 e. The van der Waals surface area contributed by atoms with Gasteiger partial charge < -0.3 is 15.3 Å². The highest BCUT2D eigenvalue weighted by atomic mass is 35.5. The smallest absolute Gasteiger partial charge is 0.255 e. The van der Waals surface area contributed by atoms with Crippen molar-refractivity contribution in [3.8, 4) is 0 Å². The molecule has 1 fully saturated rings. The Labute approximate surface area is 174 Å². The van der Waals surface area contributed by atoms with Crippen LogP contribution >= 0.6 is 11.6 Å². The Kier molecular flexibility index (Phi) is 6.90. The van der Waals surface area contributed by atoms with E-state index in [-0.39, 0.29) is 31.3 Å². The normalized spacial score (nSPS) is 16.7. The maximum Gasteiger partial charge on any atom is 0.255 e. The van der Waals surface area contributed by atoms with Crippen LogP contribution in [0.5, 0.6) is 0 Å². The Bertz CT molecular complexity index is 868. The van der Waals surface area contributed by atoms with Crippen LogP contribution in [0.2, 0.25) is 5.02 Å². The largest absolute Gasteiger partial charge is 0.396 e. The van der Waals surface area contributed by atoms with Crippen molar-refractivity contribution in [3.05, 3.63) is 34.9 Å². The number of anilines is 1. The van der Waals surface area contributed by atoms with Gasteiger partial charge in [-0.2, -0.15) is 0 Å². The Morgan fingerprint density at radius 3 is 2.72 bits per heavy atom. The molecule has 2 N–H and O–H groups in total. The van der Waals surface area contributed by atoms with E-state index in [2.05, 4.69) is 10.3 Å². The number of amides is 1. The summed E-state index contributed by atoms with van der Waals surface area (Å²) < 4.78 is 26.7. The van der Waals surface area contributed by atoms with Crippen LogP contribution in [-0.4, -0.2) is 53.6 Å². The SMILES string of the molecule is CN(CC1CCC(F)(F)CC1)C(=O)c1c(Cl)ccc2nc(NCCCO)ccc12. The molecule has 1 aromatic heterocycles. The van der Waals surface area contributed by atoms with Crippen LogP contribution < -0.4 is 5.32 Å². The van der Waals surface area contributed by atoms with Crippen molar-refractivity contribution in [2.45, 2.75) is 38.0 Å². The third-order valence-corrected chi connectivity index (χ3v) is 5.71. The molecule has 0 spiro atoms. The van der Waals surface area contributed by atoms with Crippen molar-refractivity contribution in [3.63, 3.8) is 0 Å².